The molecule has 1 rings (SSSR count). The summed E-state index contributed by atoms with van der Waals surface area (Å²) >= 11 is 5.67. The summed E-state index contributed by atoms with van der Waals surface area (Å²) in [4.78, 5) is 15.8. The minimum Gasteiger partial charge on any atom is -0.479 e. The molecule has 0 atom stereocenters. The molecule has 0 aliphatic carbocycles. The Balaban J connectivity index is 2.89. The van der Waals surface area contributed by atoms with E-state index >= 15 is 0 Å². The number of hydrogen-bond acceptors (Lipinski definition) is 5. The molecule has 2 N–H and O–H groups in total. The predicted molar refractivity (Wildman–Crippen MR) is 60.1 cm³/mol. The number of sulfonamides is 1. The molecule has 0 fully saturated rings. The molecule has 96 valence electrons. The SMILES string of the molecule is N#Cc1ccc(S(=O)(=O)NOCC(=O)O)cc1Cl. The molecule has 18 heavy (non-hydrogen) atoms. The molecule has 0 aliphatic rings. The van der Waals surface area contributed by atoms with Crippen molar-refractivity contribution in [1.82, 2.24) is 4.89 Å². The zero-order valence-corrected chi connectivity index (χ0v) is 10.3. The number of nitrogens with one attached hydrogen (secondary N) is 1. The maximum Gasteiger partial charge on any atom is 0.331 e. The second kappa shape index (κ2) is 5.79. The Labute approximate surface area is 108 Å². The molecule has 7 nitrogen and oxygen atoms in total. The smallest absolute Gasteiger partial charge is 0.331 e. The highest BCUT2D eigenvalue weighted by Gasteiger charge is 2.16. The van der Waals surface area contributed by atoms with E-state index < -0.39 is 22.6 Å². The summed E-state index contributed by atoms with van der Waals surface area (Å²) < 4.78 is 23.2. The van der Waals surface area contributed by atoms with Gasteiger partial charge >= 0.3 is 5.97 Å². The van der Waals surface area contributed by atoms with Gasteiger partial charge in [-0.2, -0.15) is 5.26 Å². The number of carbonyl (C=O) groups is 1. The minimum absolute atomic E-state index is 0.0291. The first kappa shape index (κ1) is 14.4. The van der Waals surface area contributed by atoms with E-state index in [1.165, 1.54) is 6.07 Å². The summed E-state index contributed by atoms with van der Waals surface area (Å²) in [6, 6.07) is 5.22. The number of halogens is 1. The van der Waals surface area contributed by atoms with Gasteiger partial charge in [0.2, 0.25) is 0 Å². The van der Waals surface area contributed by atoms with Crippen LogP contribution in [0.15, 0.2) is 23.1 Å². The third-order valence-electron chi connectivity index (χ3n) is 1.74. The number of nitriles is 1. The summed E-state index contributed by atoms with van der Waals surface area (Å²) in [5.74, 6) is -1.32. The van der Waals surface area contributed by atoms with Crippen LogP contribution < -0.4 is 4.89 Å². The van der Waals surface area contributed by atoms with E-state index in [4.69, 9.17) is 22.0 Å². The van der Waals surface area contributed by atoms with Crippen LogP contribution in [-0.2, 0) is 19.7 Å². The number of aliphatic carboxylic acids is 1. The molecule has 0 amide bonds. The summed E-state index contributed by atoms with van der Waals surface area (Å²) in [6.07, 6.45) is 0. The molecule has 0 unspecified atom stereocenters. The van der Waals surface area contributed by atoms with Crippen LogP contribution in [0.25, 0.3) is 0 Å². The molecule has 0 bridgehead atoms. The van der Waals surface area contributed by atoms with E-state index in [1.807, 2.05) is 0 Å². The zero-order chi connectivity index (χ0) is 13.8. The zero-order valence-electron chi connectivity index (χ0n) is 8.75. The maximum absolute atomic E-state index is 11.6. The van der Waals surface area contributed by atoms with Crippen LogP contribution in [-0.4, -0.2) is 26.1 Å². The van der Waals surface area contributed by atoms with Crippen LogP contribution in [0.5, 0.6) is 0 Å². The Morgan fingerprint density at radius 1 is 1.56 bits per heavy atom. The Bertz CT molecular complexity index is 608. The van der Waals surface area contributed by atoms with Crippen molar-refractivity contribution in [3.05, 3.63) is 28.8 Å². The van der Waals surface area contributed by atoms with Gasteiger partial charge in [-0.3, -0.25) is 4.84 Å². The monoisotopic (exact) mass is 290 g/mol. The number of nitrogens with zero attached hydrogens (tertiary/aromatic N) is 1. The number of benzene rings is 1. The molecule has 0 heterocycles. The summed E-state index contributed by atoms with van der Waals surface area (Å²) in [5.41, 5.74) is 0.127. The first-order chi connectivity index (χ1) is 8.36. The van der Waals surface area contributed by atoms with E-state index in [1.54, 1.807) is 11.0 Å². The van der Waals surface area contributed by atoms with Crippen LogP contribution >= 0.6 is 11.6 Å². The van der Waals surface area contributed by atoms with E-state index in [0.29, 0.717) is 0 Å². The quantitative estimate of drug-likeness (QED) is 0.763. The van der Waals surface area contributed by atoms with Gasteiger partial charge in [-0.05, 0) is 18.2 Å². The molecule has 1 aromatic carbocycles. The van der Waals surface area contributed by atoms with Gasteiger partial charge in [-0.25, -0.2) is 13.2 Å². The third kappa shape index (κ3) is 3.68. The van der Waals surface area contributed by atoms with Gasteiger partial charge in [0, 0.05) is 0 Å². The Morgan fingerprint density at radius 3 is 2.72 bits per heavy atom. The van der Waals surface area contributed by atoms with Gasteiger partial charge in [0.25, 0.3) is 10.0 Å². The second-order valence-corrected chi connectivity index (χ2v) is 5.07. The molecule has 0 aliphatic heterocycles. The normalized spacial score (nSPS) is 10.9. The highest BCUT2D eigenvalue weighted by molar-refractivity contribution is 7.89. The fourth-order valence-electron chi connectivity index (χ4n) is 0.971. The minimum atomic E-state index is -4.03. The number of carboxylic acids is 1. The second-order valence-electron chi connectivity index (χ2n) is 3.02. The first-order valence-electron chi connectivity index (χ1n) is 4.42. The third-order valence-corrected chi connectivity index (χ3v) is 3.26. The fraction of sp³-hybridized carbons (Fsp3) is 0.111. The molecule has 0 radical (unpaired) electrons. The van der Waals surface area contributed by atoms with E-state index in [-0.39, 0.29) is 15.5 Å². The maximum atomic E-state index is 11.6. The molecule has 0 saturated heterocycles. The van der Waals surface area contributed by atoms with Gasteiger partial charge in [0.05, 0.1) is 15.5 Å². The lowest BCUT2D eigenvalue weighted by Crippen LogP contribution is -2.26. The lowest BCUT2D eigenvalue weighted by Gasteiger charge is -2.06. The molecular formula is C9H7ClN2O5S. The van der Waals surface area contributed by atoms with Crippen molar-refractivity contribution in [2.24, 2.45) is 0 Å². The summed E-state index contributed by atoms with van der Waals surface area (Å²) in [5, 5.41) is 16.9. The standard InChI is InChI=1S/C9H7ClN2O5S/c10-8-3-7(2-1-6(8)4-11)18(15,16)12-17-5-9(13)14/h1-3,12H,5H2,(H,13,14). The van der Waals surface area contributed by atoms with Crippen molar-refractivity contribution in [1.29, 1.82) is 5.26 Å². The van der Waals surface area contributed by atoms with Crippen molar-refractivity contribution < 1.29 is 23.2 Å². The average Bonchev–Trinajstić information content (AvgIpc) is 2.28. The molecule has 0 aromatic heterocycles. The van der Waals surface area contributed by atoms with Gasteiger partial charge in [0.15, 0.2) is 6.61 Å². The molecule has 9 heteroatoms. The molecule has 0 saturated carbocycles. The lowest BCUT2D eigenvalue weighted by atomic mass is 10.2. The van der Waals surface area contributed by atoms with E-state index in [9.17, 15) is 13.2 Å². The molecule has 1 aromatic rings. The Morgan fingerprint density at radius 2 is 2.22 bits per heavy atom. The van der Waals surface area contributed by atoms with Crippen LogP contribution in [0.1, 0.15) is 5.56 Å². The average molecular weight is 291 g/mol. The lowest BCUT2D eigenvalue weighted by molar-refractivity contribution is -0.143. The number of carboxylic acid groups (broad SMARTS) is 1. The summed E-state index contributed by atoms with van der Waals surface area (Å²) in [6.45, 7) is -0.816. The van der Waals surface area contributed by atoms with Gasteiger partial charge < -0.3 is 5.11 Å². The predicted octanol–water partition coefficient (Wildman–Crippen LogP) is 0.506. The van der Waals surface area contributed by atoms with Crippen molar-refractivity contribution >= 4 is 27.6 Å². The number of hydrogen-bond donors (Lipinski definition) is 2. The van der Waals surface area contributed by atoms with Crippen molar-refractivity contribution in [2.45, 2.75) is 4.90 Å². The van der Waals surface area contributed by atoms with Crippen LogP contribution in [0.2, 0.25) is 5.02 Å². The van der Waals surface area contributed by atoms with E-state index in [2.05, 4.69) is 4.84 Å². The van der Waals surface area contributed by atoms with Crippen molar-refractivity contribution in [3.63, 3.8) is 0 Å². The highest BCUT2D eigenvalue weighted by atomic mass is 35.5. The topological polar surface area (TPSA) is 116 Å². The van der Waals surface area contributed by atoms with Crippen LogP contribution in [0.4, 0.5) is 0 Å². The molecule has 0 spiro atoms. The Hall–Kier alpha value is -1.66. The first-order valence-corrected chi connectivity index (χ1v) is 6.28. The molecular weight excluding hydrogens is 284 g/mol. The van der Waals surface area contributed by atoms with E-state index in [0.717, 1.165) is 12.1 Å². The van der Waals surface area contributed by atoms with Crippen LogP contribution in [0, 0.1) is 11.3 Å². The van der Waals surface area contributed by atoms with Crippen molar-refractivity contribution in [2.75, 3.05) is 6.61 Å². The van der Waals surface area contributed by atoms with Crippen LogP contribution in [0.3, 0.4) is 0 Å². The van der Waals surface area contributed by atoms with Crippen molar-refractivity contribution in [3.8, 4) is 6.07 Å². The fourth-order valence-corrected chi connectivity index (χ4v) is 2.09. The van der Waals surface area contributed by atoms with Gasteiger partial charge in [-0.15, -0.1) is 0 Å². The highest BCUT2D eigenvalue weighted by Crippen LogP contribution is 2.19. The largest absolute Gasteiger partial charge is 0.479 e. The Kier molecular flexibility index (Phi) is 4.63. The number of rotatable bonds is 5. The van der Waals surface area contributed by atoms with Gasteiger partial charge in [-0.1, -0.05) is 16.5 Å². The summed E-state index contributed by atoms with van der Waals surface area (Å²) in [7, 11) is -4.03. The van der Waals surface area contributed by atoms with Gasteiger partial charge in [0.1, 0.15) is 6.07 Å².